The largest absolute Gasteiger partial charge is 0.309 e. The van der Waals surface area contributed by atoms with Crippen LogP contribution in [-0.2, 0) is 0 Å². The van der Waals surface area contributed by atoms with Crippen LogP contribution < -0.4 is 4.90 Å². The molecule has 0 spiro atoms. The van der Waals surface area contributed by atoms with Crippen molar-refractivity contribution < 1.29 is 0 Å². The van der Waals surface area contributed by atoms with Crippen LogP contribution in [0.4, 0.5) is 17.1 Å². The lowest BCUT2D eigenvalue weighted by Crippen LogP contribution is -2.11. The van der Waals surface area contributed by atoms with E-state index in [9.17, 15) is 0 Å². The number of nitrogens with zero attached hydrogens (tertiary/aromatic N) is 2. The first-order valence-electron chi connectivity index (χ1n) is 16.7. The van der Waals surface area contributed by atoms with E-state index in [0.29, 0.717) is 0 Å². The summed E-state index contributed by atoms with van der Waals surface area (Å²) in [6.07, 6.45) is 0. The van der Waals surface area contributed by atoms with Gasteiger partial charge in [-0.3, -0.25) is 0 Å². The summed E-state index contributed by atoms with van der Waals surface area (Å²) >= 11 is 1.89. The Morgan fingerprint density at radius 1 is 0.449 bits per heavy atom. The molecule has 8 aromatic carbocycles. The molecule has 0 fully saturated rings. The summed E-state index contributed by atoms with van der Waals surface area (Å²) in [6.45, 7) is 0. The van der Waals surface area contributed by atoms with Crippen LogP contribution in [-0.4, -0.2) is 4.57 Å². The zero-order chi connectivity index (χ0) is 32.3. The van der Waals surface area contributed by atoms with E-state index in [-0.39, 0.29) is 0 Å². The van der Waals surface area contributed by atoms with Gasteiger partial charge in [0, 0.05) is 53.3 Å². The molecule has 0 radical (unpaired) electrons. The van der Waals surface area contributed by atoms with Crippen LogP contribution in [0.5, 0.6) is 0 Å². The van der Waals surface area contributed by atoms with E-state index in [1.165, 1.54) is 63.9 Å². The highest BCUT2D eigenvalue weighted by Crippen LogP contribution is 2.48. The van der Waals surface area contributed by atoms with E-state index < -0.39 is 0 Å². The van der Waals surface area contributed by atoms with Gasteiger partial charge >= 0.3 is 0 Å². The fraction of sp³-hybridized carbons (Fsp3) is 0. The molecule has 0 bridgehead atoms. The van der Waals surface area contributed by atoms with Crippen LogP contribution in [0.3, 0.4) is 0 Å². The predicted molar refractivity (Wildman–Crippen MR) is 211 cm³/mol. The molecule has 10 rings (SSSR count). The van der Waals surface area contributed by atoms with Gasteiger partial charge in [0.25, 0.3) is 0 Å². The first kappa shape index (κ1) is 27.9. The molecule has 0 atom stereocenters. The molecule has 49 heavy (non-hydrogen) atoms. The average molecular weight is 643 g/mol. The van der Waals surface area contributed by atoms with Crippen LogP contribution in [0, 0.1) is 0 Å². The summed E-state index contributed by atoms with van der Waals surface area (Å²) < 4.78 is 5.05. The molecule has 0 unspecified atom stereocenters. The summed E-state index contributed by atoms with van der Waals surface area (Å²) in [7, 11) is 0. The topological polar surface area (TPSA) is 8.17 Å². The molecule has 0 saturated carbocycles. The third-order valence-corrected chi connectivity index (χ3v) is 11.0. The Morgan fingerprint density at radius 3 is 2.00 bits per heavy atom. The minimum absolute atomic E-state index is 1.13. The molecule has 0 amide bonds. The summed E-state index contributed by atoms with van der Waals surface area (Å²) in [5, 5.41) is 7.61. The highest BCUT2D eigenvalue weighted by atomic mass is 32.1. The van der Waals surface area contributed by atoms with Crippen molar-refractivity contribution in [3.63, 3.8) is 0 Å². The van der Waals surface area contributed by atoms with Gasteiger partial charge in [0.1, 0.15) is 0 Å². The molecule has 0 aliphatic carbocycles. The summed E-state index contributed by atoms with van der Waals surface area (Å²) in [6, 6.07) is 66.1. The standard InChI is InChI=1S/C46H30N2S/c1-3-14-31(15-4-1)35-18-7-10-21-40(35)48(34-28-26-32-27-29-37-36-19-9-12-25-44(36)49-46(37)39(32)30-34)43-24-13-23-42-45(43)38-20-8-11-22-41(38)47(42)33-16-5-2-6-17-33/h1-30H. The number of benzene rings is 8. The van der Waals surface area contributed by atoms with E-state index in [1.54, 1.807) is 0 Å². The van der Waals surface area contributed by atoms with Crippen molar-refractivity contribution in [2.24, 2.45) is 0 Å². The first-order chi connectivity index (χ1) is 24.3. The third-order valence-electron chi connectivity index (χ3n) is 9.76. The molecule has 0 saturated heterocycles. The zero-order valence-corrected chi connectivity index (χ0v) is 27.4. The number of hydrogen-bond acceptors (Lipinski definition) is 2. The molecular formula is C46H30N2S. The van der Waals surface area contributed by atoms with Crippen molar-refractivity contribution in [3.8, 4) is 16.8 Å². The minimum atomic E-state index is 1.13. The van der Waals surface area contributed by atoms with Gasteiger partial charge in [0.15, 0.2) is 0 Å². The molecule has 0 N–H and O–H groups in total. The molecule has 230 valence electrons. The Bertz CT molecular complexity index is 2830. The lowest BCUT2D eigenvalue weighted by Gasteiger charge is -2.29. The number of thiophene rings is 1. The second-order valence-corrected chi connectivity index (χ2v) is 13.6. The van der Waals surface area contributed by atoms with E-state index >= 15 is 0 Å². The van der Waals surface area contributed by atoms with Gasteiger partial charge in [-0.05, 0) is 65.5 Å². The fourth-order valence-corrected chi connectivity index (χ4v) is 8.84. The van der Waals surface area contributed by atoms with Crippen LogP contribution in [0.25, 0.3) is 69.6 Å². The minimum Gasteiger partial charge on any atom is -0.309 e. The summed E-state index contributed by atoms with van der Waals surface area (Å²) in [4.78, 5) is 2.48. The maximum Gasteiger partial charge on any atom is 0.0562 e. The second kappa shape index (κ2) is 11.2. The Hall–Kier alpha value is -6.16. The number of rotatable bonds is 5. The molecule has 2 aromatic heterocycles. The number of para-hydroxylation sites is 3. The monoisotopic (exact) mass is 642 g/mol. The lowest BCUT2D eigenvalue weighted by atomic mass is 10.00. The molecular weight excluding hydrogens is 613 g/mol. The fourth-order valence-electron chi connectivity index (χ4n) is 7.61. The van der Waals surface area contributed by atoms with Gasteiger partial charge in [0.05, 0.1) is 22.4 Å². The van der Waals surface area contributed by atoms with Crippen LogP contribution in [0.2, 0.25) is 0 Å². The third kappa shape index (κ3) is 4.40. The quantitative estimate of drug-likeness (QED) is 0.181. The van der Waals surface area contributed by atoms with Gasteiger partial charge in [0.2, 0.25) is 0 Å². The Kier molecular flexibility index (Phi) is 6.39. The number of anilines is 3. The number of hydrogen-bond donors (Lipinski definition) is 0. The zero-order valence-electron chi connectivity index (χ0n) is 26.6. The van der Waals surface area contributed by atoms with Gasteiger partial charge < -0.3 is 9.47 Å². The van der Waals surface area contributed by atoms with Crippen LogP contribution in [0.15, 0.2) is 182 Å². The highest BCUT2D eigenvalue weighted by molar-refractivity contribution is 7.26. The highest BCUT2D eigenvalue weighted by Gasteiger charge is 2.23. The number of fused-ring (bicyclic) bond motifs is 8. The number of aromatic nitrogens is 1. The second-order valence-electron chi connectivity index (χ2n) is 12.5. The van der Waals surface area contributed by atoms with E-state index in [2.05, 4.69) is 191 Å². The van der Waals surface area contributed by atoms with Crippen molar-refractivity contribution in [1.82, 2.24) is 4.57 Å². The molecule has 2 nitrogen and oxygen atoms in total. The van der Waals surface area contributed by atoms with Crippen LogP contribution >= 0.6 is 11.3 Å². The maximum atomic E-state index is 2.48. The maximum absolute atomic E-state index is 2.48. The first-order valence-corrected chi connectivity index (χ1v) is 17.5. The molecule has 10 aromatic rings. The van der Waals surface area contributed by atoms with Crippen LogP contribution in [0.1, 0.15) is 0 Å². The van der Waals surface area contributed by atoms with Gasteiger partial charge in [-0.2, -0.15) is 0 Å². The Labute approximate surface area is 288 Å². The molecule has 2 heterocycles. The lowest BCUT2D eigenvalue weighted by molar-refractivity contribution is 1.18. The van der Waals surface area contributed by atoms with Crippen molar-refractivity contribution in [3.05, 3.63) is 182 Å². The van der Waals surface area contributed by atoms with Crippen molar-refractivity contribution in [2.75, 3.05) is 4.90 Å². The van der Waals surface area contributed by atoms with Gasteiger partial charge in [-0.15, -0.1) is 11.3 Å². The van der Waals surface area contributed by atoms with E-state index in [1.807, 2.05) is 11.3 Å². The van der Waals surface area contributed by atoms with Crippen molar-refractivity contribution in [2.45, 2.75) is 0 Å². The Morgan fingerprint density at radius 2 is 1.12 bits per heavy atom. The van der Waals surface area contributed by atoms with Gasteiger partial charge in [-0.1, -0.05) is 127 Å². The van der Waals surface area contributed by atoms with Crippen molar-refractivity contribution >= 4 is 81.1 Å². The normalized spacial score (nSPS) is 11.7. The van der Waals surface area contributed by atoms with Gasteiger partial charge in [-0.25, -0.2) is 0 Å². The summed E-state index contributed by atoms with van der Waals surface area (Å²) in [5.74, 6) is 0. The van der Waals surface area contributed by atoms with E-state index in [4.69, 9.17) is 0 Å². The van der Waals surface area contributed by atoms with Crippen molar-refractivity contribution in [1.29, 1.82) is 0 Å². The SMILES string of the molecule is c1ccc(-c2ccccc2N(c2ccc3ccc4c5ccccc5sc4c3c2)c2cccc3c2c2ccccc2n3-c2ccccc2)cc1. The smallest absolute Gasteiger partial charge is 0.0562 e. The molecule has 0 aliphatic rings. The Balaban J connectivity index is 1.31. The summed E-state index contributed by atoms with van der Waals surface area (Å²) in [5.41, 5.74) is 9.32. The predicted octanol–water partition coefficient (Wildman–Crippen LogP) is 13.4. The van der Waals surface area contributed by atoms with E-state index in [0.717, 1.165) is 22.7 Å². The molecule has 0 aliphatic heterocycles. The molecule has 3 heteroatoms. The average Bonchev–Trinajstić information content (AvgIpc) is 3.73.